The Hall–Kier alpha value is -2.05. The molecule has 6 nitrogen and oxygen atoms in total. The molecule has 1 amide bonds. The van der Waals surface area contributed by atoms with Gasteiger partial charge in [-0.1, -0.05) is 12.1 Å². The second-order valence-electron chi connectivity index (χ2n) is 7.21. The van der Waals surface area contributed by atoms with Gasteiger partial charge < -0.3 is 19.4 Å². The van der Waals surface area contributed by atoms with E-state index in [0.717, 1.165) is 44.8 Å². The molecule has 0 saturated carbocycles. The van der Waals surface area contributed by atoms with Crippen molar-refractivity contribution in [2.24, 2.45) is 5.92 Å². The minimum Gasteiger partial charge on any atom is -0.494 e. The largest absolute Gasteiger partial charge is 0.494 e. The van der Waals surface area contributed by atoms with E-state index in [-0.39, 0.29) is 18.0 Å². The first-order valence-corrected chi connectivity index (χ1v) is 9.58. The van der Waals surface area contributed by atoms with Gasteiger partial charge in [-0.15, -0.1) is 0 Å². The number of nitrogens with zero attached hydrogens (tertiary/aromatic N) is 2. The Balaban J connectivity index is 1.39. The Bertz CT molecular complexity index is 655. The number of hydrogen-bond acceptors (Lipinski definition) is 5. The van der Waals surface area contributed by atoms with Crippen LogP contribution in [0.25, 0.3) is 0 Å². The molecule has 1 aromatic carbocycles. The molecule has 1 aromatic rings. The highest BCUT2D eigenvalue weighted by atomic mass is 16.5. The molecule has 0 bridgehead atoms. The predicted octanol–water partition coefficient (Wildman–Crippen LogP) is 2.45. The highest BCUT2D eigenvalue weighted by molar-refractivity contribution is 5.84. The summed E-state index contributed by atoms with van der Waals surface area (Å²) in [4.78, 5) is 14.8. The average molecular weight is 357 g/mol. The molecule has 4 rings (SSSR count). The summed E-state index contributed by atoms with van der Waals surface area (Å²) in [5.41, 5.74) is 4.63. The van der Waals surface area contributed by atoms with Gasteiger partial charge in [0.2, 0.25) is 0 Å². The number of carbonyl (C=O) groups excluding carboxylic acids is 1. The van der Waals surface area contributed by atoms with Crippen molar-refractivity contribution in [3.63, 3.8) is 0 Å². The number of fused-ring (bicyclic) bond motifs is 1. The molecule has 140 valence electrons. The molecule has 3 aliphatic heterocycles. The minimum atomic E-state index is -0.138. The SMILES string of the molecule is CCOc1ccc(C2CC3C(=O)N(CC4CCCOC4)C=CN3N2)cc1. The zero-order chi connectivity index (χ0) is 17.9. The van der Waals surface area contributed by atoms with E-state index in [0.29, 0.717) is 12.5 Å². The third-order valence-corrected chi connectivity index (χ3v) is 5.38. The number of ether oxygens (including phenoxy) is 2. The van der Waals surface area contributed by atoms with Gasteiger partial charge >= 0.3 is 0 Å². The lowest BCUT2D eigenvalue weighted by molar-refractivity contribution is -0.135. The maximum atomic E-state index is 12.9. The van der Waals surface area contributed by atoms with Gasteiger partial charge in [-0.25, -0.2) is 5.43 Å². The molecule has 0 spiro atoms. The van der Waals surface area contributed by atoms with Crippen LogP contribution in [0.1, 0.15) is 37.8 Å². The van der Waals surface area contributed by atoms with E-state index in [2.05, 4.69) is 17.6 Å². The van der Waals surface area contributed by atoms with Gasteiger partial charge in [-0.2, -0.15) is 0 Å². The number of hydrazine groups is 1. The van der Waals surface area contributed by atoms with Crippen molar-refractivity contribution in [2.75, 3.05) is 26.4 Å². The topological polar surface area (TPSA) is 54.0 Å². The molecule has 0 aliphatic carbocycles. The highest BCUT2D eigenvalue weighted by Crippen LogP contribution is 2.32. The average Bonchev–Trinajstić information content (AvgIpc) is 3.11. The van der Waals surface area contributed by atoms with Gasteiger partial charge in [0.1, 0.15) is 11.8 Å². The first-order valence-electron chi connectivity index (χ1n) is 9.58. The molecule has 0 radical (unpaired) electrons. The lowest BCUT2D eigenvalue weighted by Gasteiger charge is -2.34. The van der Waals surface area contributed by atoms with E-state index in [1.807, 2.05) is 41.4 Å². The van der Waals surface area contributed by atoms with Crippen LogP contribution in [-0.4, -0.2) is 48.2 Å². The lowest BCUT2D eigenvalue weighted by atomic mass is 9.99. The number of benzene rings is 1. The second kappa shape index (κ2) is 7.68. The van der Waals surface area contributed by atoms with Gasteiger partial charge in [-0.3, -0.25) is 4.79 Å². The number of nitrogens with one attached hydrogen (secondary N) is 1. The van der Waals surface area contributed by atoms with Crippen molar-refractivity contribution in [3.8, 4) is 5.75 Å². The van der Waals surface area contributed by atoms with Crippen molar-refractivity contribution < 1.29 is 14.3 Å². The van der Waals surface area contributed by atoms with Crippen molar-refractivity contribution in [2.45, 2.75) is 38.3 Å². The lowest BCUT2D eigenvalue weighted by Crippen LogP contribution is -2.49. The minimum absolute atomic E-state index is 0.138. The van der Waals surface area contributed by atoms with Crippen LogP contribution in [0.15, 0.2) is 36.7 Å². The van der Waals surface area contributed by atoms with Gasteiger partial charge in [0.25, 0.3) is 5.91 Å². The molecule has 3 heterocycles. The maximum Gasteiger partial charge on any atom is 0.250 e. The third-order valence-electron chi connectivity index (χ3n) is 5.38. The molecule has 2 fully saturated rings. The highest BCUT2D eigenvalue weighted by Gasteiger charge is 2.40. The number of amides is 1. The predicted molar refractivity (Wildman–Crippen MR) is 98.1 cm³/mol. The molecule has 1 N–H and O–H groups in total. The van der Waals surface area contributed by atoms with Crippen LogP contribution in [0.5, 0.6) is 5.75 Å². The molecule has 0 aromatic heterocycles. The maximum absolute atomic E-state index is 12.9. The summed E-state index contributed by atoms with van der Waals surface area (Å²) in [7, 11) is 0. The normalized spacial score (nSPS) is 28.3. The molecule has 26 heavy (non-hydrogen) atoms. The monoisotopic (exact) mass is 357 g/mol. The van der Waals surface area contributed by atoms with Crippen molar-refractivity contribution >= 4 is 5.91 Å². The van der Waals surface area contributed by atoms with E-state index in [9.17, 15) is 4.79 Å². The summed E-state index contributed by atoms with van der Waals surface area (Å²) in [5.74, 6) is 1.50. The van der Waals surface area contributed by atoms with Crippen LogP contribution in [-0.2, 0) is 9.53 Å². The Kier molecular flexibility index (Phi) is 5.13. The van der Waals surface area contributed by atoms with Crippen molar-refractivity contribution in [1.29, 1.82) is 0 Å². The summed E-state index contributed by atoms with van der Waals surface area (Å²) >= 11 is 0. The number of carbonyl (C=O) groups is 1. The fraction of sp³-hybridized carbons (Fsp3) is 0.550. The molecule has 3 atom stereocenters. The van der Waals surface area contributed by atoms with E-state index >= 15 is 0 Å². The van der Waals surface area contributed by atoms with Crippen LogP contribution in [0.3, 0.4) is 0 Å². The molecule has 6 heteroatoms. The Morgan fingerprint density at radius 3 is 2.85 bits per heavy atom. The third kappa shape index (κ3) is 3.57. The van der Waals surface area contributed by atoms with Crippen LogP contribution >= 0.6 is 0 Å². The zero-order valence-corrected chi connectivity index (χ0v) is 15.3. The van der Waals surface area contributed by atoms with Crippen molar-refractivity contribution in [3.05, 3.63) is 42.2 Å². The quantitative estimate of drug-likeness (QED) is 0.877. The van der Waals surface area contributed by atoms with Crippen LogP contribution in [0, 0.1) is 5.92 Å². The molecule has 3 aliphatic rings. The summed E-state index contributed by atoms with van der Waals surface area (Å²) in [5, 5.41) is 1.96. The van der Waals surface area contributed by atoms with Crippen LogP contribution in [0.2, 0.25) is 0 Å². The zero-order valence-electron chi connectivity index (χ0n) is 15.3. The van der Waals surface area contributed by atoms with E-state index < -0.39 is 0 Å². The van der Waals surface area contributed by atoms with Crippen molar-refractivity contribution in [1.82, 2.24) is 15.3 Å². The van der Waals surface area contributed by atoms with E-state index in [1.165, 1.54) is 5.56 Å². The first kappa shape index (κ1) is 17.4. The molecular weight excluding hydrogens is 330 g/mol. The Morgan fingerprint density at radius 1 is 1.27 bits per heavy atom. The smallest absolute Gasteiger partial charge is 0.250 e. The van der Waals surface area contributed by atoms with E-state index in [4.69, 9.17) is 9.47 Å². The first-order chi connectivity index (χ1) is 12.7. The molecule has 2 saturated heterocycles. The molecular formula is C20H27N3O3. The molecule has 3 unspecified atom stereocenters. The van der Waals surface area contributed by atoms with Crippen LogP contribution in [0.4, 0.5) is 0 Å². The van der Waals surface area contributed by atoms with E-state index in [1.54, 1.807) is 0 Å². The van der Waals surface area contributed by atoms with Crippen LogP contribution < -0.4 is 10.2 Å². The summed E-state index contributed by atoms with van der Waals surface area (Å²) in [6.45, 7) is 5.02. The Morgan fingerprint density at radius 2 is 2.12 bits per heavy atom. The van der Waals surface area contributed by atoms with Gasteiger partial charge in [0.05, 0.1) is 19.3 Å². The number of rotatable bonds is 5. The number of hydrogen-bond donors (Lipinski definition) is 1. The fourth-order valence-corrected chi connectivity index (χ4v) is 4.00. The fourth-order valence-electron chi connectivity index (χ4n) is 4.00. The van der Waals surface area contributed by atoms with Gasteiger partial charge in [0, 0.05) is 31.5 Å². The summed E-state index contributed by atoms with van der Waals surface area (Å²) < 4.78 is 11.1. The second-order valence-corrected chi connectivity index (χ2v) is 7.21. The van der Waals surface area contributed by atoms with Gasteiger partial charge in [0.15, 0.2) is 0 Å². The summed E-state index contributed by atoms with van der Waals surface area (Å²) in [6.07, 6.45) is 6.90. The van der Waals surface area contributed by atoms with Gasteiger partial charge in [-0.05, 0) is 43.9 Å². The standard InChI is InChI=1S/C20H27N3O3/c1-2-26-17-7-5-16(6-8-17)18-12-19-20(24)22(9-10-23(19)21-18)13-15-4-3-11-25-14-15/h5-10,15,18-19,21H,2-4,11-14H2,1H3. The Labute approximate surface area is 154 Å². The summed E-state index contributed by atoms with van der Waals surface area (Å²) in [6, 6.07) is 8.14.